The summed E-state index contributed by atoms with van der Waals surface area (Å²) in [6.07, 6.45) is 2.21. The molecule has 94 valence electrons. The lowest BCUT2D eigenvalue weighted by Crippen LogP contribution is -2.45. The minimum atomic E-state index is 0.385. The molecule has 0 amide bonds. The third kappa shape index (κ3) is 2.81. The number of rotatable bonds is 2. The van der Waals surface area contributed by atoms with E-state index in [0.717, 1.165) is 19.4 Å². The standard InChI is InChI=1S/C15H24N2/c1-11(2)13-4-6-15(7-5-13)17-9-8-14(16)10-12(17)3/h4-7,11-12,14H,8-10,16H2,1-3H3. The Morgan fingerprint density at radius 3 is 2.41 bits per heavy atom. The molecule has 2 nitrogen and oxygen atoms in total. The van der Waals surface area contributed by atoms with Gasteiger partial charge in [0.2, 0.25) is 0 Å². The minimum absolute atomic E-state index is 0.385. The lowest BCUT2D eigenvalue weighted by atomic mass is 9.97. The second-order valence-corrected chi connectivity index (χ2v) is 5.57. The van der Waals surface area contributed by atoms with Crippen LogP contribution in [0.3, 0.4) is 0 Å². The zero-order valence-electron chi connectivity index (χ0n) is 11.2. The molecule has 1 aromatic carbocycles. The van der Waals surface area contributed by atoms with Crippen molar-refractivity contribution in [1.82, 2.24) is 0 Å². The number of hydrogen-bond acceptors (Lipinski definition) is 2. The Balaban J connectivity index is 2.11. The van der Waals surface area contributed by atoms with Crippen LogP contribution in [0.5, 0.6) is 0 Å². The number of piperidine rings is 1. The van der Waals surface area contributed by atoms with Gasteiger partial charge < -0.3 is 10.6 Å². The molecule has 1 aromatic rings. The van der Waals surface area contributed by atoms with Crippen molar-refractivity contribution < 1.29 is 0 Å². The van der Waals surface area contributed by atoms with Gasteiger partial charge in [0, 0.05) is 24.3 Å². The Morgan fingerprint density at radius 2 is 1.88 bits per heavy atom. The van der Waals surface area contributed by atoms with E-state index in [0.29, 0.717) is 18.0 Å². The normalized spacial score (nSPS) is 25.4. The molecule has 1 saturated heterocycles. The third-order valence-electron chi connectivity index (χ3n) is 3.81. The van der Waals surface area contributed by atoms with E-state index < -0.39 is 0 Å². The molecule has 1 fully saturated rings. The zero-order valence-corrected chi connectivity index (χ0v) is 11.2. The highest BCUT2D eigenvalue weighted by molar-refractivity contribution is 5.49. The van der Waals surface area contributed by atoms with Gasteiger partial charge in [0.25, 0.3) is 0 Å². The van der Waals surface area contributed by atoms with E-state index >= 15 is 0 Å². The van der Waals surface area contributed by atoms with E-state index in [1.807, 2.05) is 0 Å². The number of nitrogens with two attached hydrogens (primary N) is 1. The van der Waals surface area contributed by atoms with Gasteiger partial charge in [-0.3, -0.25) is 0 Å². The fraction of sp³-hybridized carbons (Fsp3) is 0.600. The smallest absolute Gasteiger partial charge is 0.0368 e. The largest absolute Gasteiger partial charge is 0.369 e. The van der Waals surface area contributed by atoms with Crippen molar-refractivity contribution in [1.29, 1.82) is 0 Å². The van der Waals surface area contributed by atoms with Gasteiger partial charge in [-0.25, -0.2) is 0 Å². The molecule has 0 spiro atoms. The van der Waals surface area contributed by atoms with Gasteiger partial charge in [-0.15, -0.1) is 0 Å². The van der Waals surface area contributed by atoms with Crippen LogP contribution < -0.4 is 10.6 Å². The number of nitrogens with zero attached hydrogens (tertiary/aromatic N) is 1. The van der Waals surface area contributed by atoms with Gasteiger partial charge in [-0.05, 0) is 43.4 Å². The molecule has 0 radical (unpaired) electrons. The Kier molecular flexibility index (Phi) is 3.72. The Bertz CT molecular complexity index is 356. The number of hydrogen-bond donors (Lipinski definition) is 1. The summed E-state index contributed by atoms with van der Waals surface area (Å²) in [6, 6.07) is 9.95. The van der Waals surface area contributed by atoms with Crippen molar-refractivity contribution in [2.24, 2.45) is 5.73 Å². The molecule has 1 heterocycles. The van der Waals surface area contributed by atoms with Crippen LogP contribution in [0.15, 0.2) is 24.3 Å². The van der Waals surface area contributed by atoms with E-state index in [1.54, 1.807) is 0 Å². The van der Waals surface area contributed by atoms with Crippen molar-refractivity contribution in [2.45, 2.75) is 51.6 Å². The van der Waals surface area contributed by atoms with Gasteiger partial charge in [0.15, 0.2) is 0 Å². The van der Waals surface area contributed by atoms with E-state index in [2.05, 4.69) is 49.9 Å². The van der Waals surface area contributed by atoms with Gasteiger partial charge in [-0.1, -0.05) is 26.0 Å². The zero-order chi connectivity index (χ0) is 12.4. The molecular weight excluding hydrogens is 208 g/mol. The van der Waals surface area contributed by atoms with E-state index in [-0.39, 0.29) is 0 Å². The summed E-state index contributed by atoms with van der Waals surface area (Å²) < 4.78 is 0. The van der Waals surface area contributed by atoms with E-state index in [9.17, 15) is 0 Å². The van der Waals surface area contributed by atoms with Crippen LogP contribution in [-0.2, 0) is 0 Å². The predicted molar refractivity (Wildman–Crippen MR) is 74.5 cm³/mol. The summed E-state index contributed by atoms with van der Waals surface area (Å²) in [5, 5.41) is 0. The highest BCUT2D eigenvalue weighted by atomic mass is 15.2. The first-order chi connectivity index (χ1) is 8.08. The van der Waals surface area contributed by atoms with Gasteiger partial charge >= 0.3 is 0 Å². The van der Waals surface area contributed by atoms with Crippen LogP contribution in [0.25, 0.3) is 0 Å². The monoisotopic (exact) mass is 232 g/mol. The predicted octanol–water partition coefficient (Wildman–Crippen LogP) is 3.13. The van der Waals surface area contributed by atoms with Crippen molar-refractivity contribution in [3.05, 3.63) is 29.8 Å². The molecule has 0 bridgehead atoms. The van der Waals surface area contributed by atoms with Crippen molar-refractivity contribution >= 4 is 5.69 Å². The first-order valence-corrected chi connectivity index (χ1v) is 6.70. The van der Waals surface area contributed by atoms with E-state index in [4.69, 9.17) is 5.73 Å². The Morgan fingerprint density at radius 1 is 1.24 bits per heavy atom. The summed E-state index contributed by atoms with van der Waals surface area (Å²) in [5.74, 6) is 0.608. The fourth-order valence-electron chi connectivity index (χ4n) is 2.64. The average molecular weight is 232 g/mol. The minimum Gasteiger partial charge on any atom is -0.369 e. The molecule has 2 unspecified atom stereocenters. The molecule has 0 saturated carbocycles. The maximum absolute atomic E-state index is 6.00. The van der Waals surface area contributed by atoms with Crippen LogP contribution in [0.2, 0.25) is 0 Å². The average Bonchev–Trinajstić information content (AvgIpc) is 2.29. The molecule has 2 atom stereocenters. The molecule has 1 aliphatic rings. The molecule has 2 heteroatoms. The van der Waals surface area contributed by atoms with Crippen molar-refractivity contribution in [2.75, 3.05) is 11.4 Å². The Labute approximate surface area is 105 Å². The number of anilines is 1. The lowest BCUT2D eigenvalue weighted by Gasteiger charge is -2.38. The first-order valence-electron chi connectivity index (χ1n) is 6.70. The van der Waals surface area contributed by atoms with Crippen LogP contribution in [-0.4, -0.2) is 18.6 Å². The summed E-state index contributed by atoms with van der Waals surface area (Å²) in [6.45, 7) is 7.83. The van der Waals surface area contributed by atoms with Crippen LogP contribution in [0.4, 0.5) is 5.69 Å². The van der Waals surface area contributed by atoms with Crippen LogP contribution >= 0.6 is 0 Å². The van der Waals surface area contributed by atoms with Crippen molar-refractivity contribution in [3.63, 3.8) is 0 Å². The maximum Gasteiger partial charge on any atom is 0.0368 e. The lowest BCUT2D eigenvalue weighted by molar-refractivity contribution is 0.430. The molecule has 0 aromatic heterocycles. The van der Waals surface area contributed by atoms with Gasteiger partial charge in [0.1, 0.15) is 0 Å². The van der Waals surface area contributed by atoms with E-state index in [1.165, 1.54) is 11.3 Å². The van der Waals surface area contributed by atoms with Crippen LogP contribution in [0, 0.1) is 0 Å². The maximum atomic E-state index is 6.00. The van der Waals surface area contributed by atoms with Gasteiger partial charge in [0.05, 0.1) is 0 Å². The SMILES string of the molecule is CC(C)c1ccc(N2CCC(N)CC2C)cc1. The van der Waals surface area contributed by atoms with Crippen molar-refractivity contribution in [3.8, 4) is 0 Å². The first kappa shape index (κ1) is 12.4. The van der Waals surface area contributed by atoms with Gasteiger partial charge in [-0.2, -0.15) is 0 Å². The highest BCUT2D eigenvalue weighted by Crippen LogP contribution is 2.26. The summed E-state index contributed by atoms with van der Waals surface area (Å²) in [5.41, 5.74) is 8.76. The topological polar surface area (TPSA) is 29.3 Å². The molecule has 17 heavy (non-hydrogen) atoms. The molecular formula is C15H24N2. The summed E-state index contributed by atoms with van der Waals surface area (Å²) in [7, 11) is 0. The molecule has 2 rings (SSSR count). The number of benzene rings is 1. The summed E-state index contributed by atoms with van der Waals surface area (Å²) >= 11 is 0. The molecule has 2 N–H and O–H groups in total. The fourth-order valence-corrected chi connectivity index (χ4v) is 2.64. The second kappa shape index (κ2) is 5.09. The highest BCUT2D eigenvalue weighted by Gasteiger charge is 2.23. The molecule has 1 aliphatic heterocycles. The van der Waals surface area contributed by atoms with Crippen LogP contribution in [0.1, 0.15) is 45.1 Å². The third-order valence-corrected chi connectivity index (χ3v) is 3.81. The Hall–Kier alpha value is -1.02. The summed E-state index contributed by atoms with van der Waals surface area (Å²) in [4.78, 5) is 2.48. The quantitative estimate of drug-likeness (QED) is 0.849. The second-order valence-electron chi connectivity index (χ2n) is 5.57. The molecule has 0 aliphatic carbocycles.